The van der Waals surface area contributed by atoms with Crippen LogP contribution in [-0.4, -0.2) is 25.3 Å². The maximum Gasteiger partial charge on any atom is 0.0643 e. The van der Waals surface area contributed by atoms with Crippen LogP contribution in [0.3, 0.4) is 0 Å². The first-order valence-corrected chi connectivity index (χ1v) is 4.74. The maximum absolute atomic E-state index is 5.10. The van der Waals surface area contributed by atoms with Crippen LogP contribution in [0.4, 0.5) is 0 Å². The molecule has 1 aliphatic carbocycles. The average molecular weight is 155 g/mol. The molecular weight excluding hydrogens is 138 g/mol. The Morgan fingerprint density at radius 3 is 2.82 bits per heavy atom. The average Bonchev–Trinajstić information content (AvgIpc) is 2.60. The molecular formula is C9H17NO. The Kier molecular flexibility index (Phi) is 2.14. The van der Waals surface area contributed by atoms with E-state index in [2.05, 4.69) is 12.2 Å². The van der Waals surface area contributed by atoms with Gasteiger partial charge in [0.15, 0.2) is 0 Å². The molecule has 1 saturated carbocycles. The SMILES string of the molecule is CCCC1CC1NC1COC1. The molecule has 0 spiro atoms. The summed E-state index contributed by atoms with van der Waals surface area (Å²) in [6.45, 7) is 4.15. The number of ether oxygens (including phenoxy) is 1. The van der Waals surface area contributed by atoms with Crippen molar-refractivity contribution in [2.75, 3.05) is 13.2 Å². The van der Waals surface area contributed by atoms with Gasteiger partial charge in [-0.05, 0) is 18.8 Å². The van der Waals surface area contributed by atoms with Gasteiger partial charge >= 0.3 is 0 Å². The van der Waals surface area contributed by atoms with Crippen LogP contribution in [0.25, 0.3) is 0 Å². The molecule has 2 atom stereocenters. The molecule has 1 aliphatic heterocycles. The minimum Gasteiger partial charge on any atom is -0.378 e. The summed E-state index contributed by atoms with van der Waals surface area (Å²) in [5.41, 5.74) is 0. The van der Waals surface area contributed by atoms with Gasteiger partial charge in [0, 0.05) is 6.04 Å². The fraction of sp³-hybridized carbons (Fsp3) is 1.00. The van der Waals surface area contributed by atoms with E-state index in [0.29, 0.717) is 6.04 Å². The van der Waals surface area contributed by atoms with Crippen LogP contribution in [0.2, 0.25) is 0 Å². The first kappa shape index (κ1) is 7.56. The van der Waals surface area contributed by atoms with Crippen LogP contribution in [0.15, 0.2) is 0 Å². The highest BCUT2D eigenvalue weighted by atomic mass is 16.5. The lowest BCUT2D eigenvalue weighted by Crippen LogP contribution is -2.47. The Labute approximate surface area is 68.3 Å². The van der Waals surface area contributed by atoms with Crippen LogP contribution in [0.1, 0.15) is 26.2 Å². The summed E-state index contributed by atoms with van der Waals surface area (Å²) >= 11 is 0. The van der Waals surface area contributed by atoms with E-state index in [9.17, 15) is 0 Å². The summed E-state index contributed by atoms with van der Waals surface area (Å²) in [5.74, 6) is 0.987. The fourth-order valence-corrected chi connectivity index (χ4v) is 1.78. The molecule has 1 saturated heterocycles. The van der Waals surface area contributed by atoms with Crippen LogP contribution >= 0.6 is 0 Å². The lowest BCUT2D eigenvalue weighted by molar-refractivity contribution is -0.00642. The third kappa shape index (κ3) is 1.74. The number of hydrogen-bond acceptors (Lipinski definition) is 2. The zero-order valence-electron chi connectivity index (χ0n) is 7.18. The Hall–Kier alpha value is -0.0800. The highest BCUT2D eigenvalue weighted by molar-refractivity contribution is 4.95. The summed E-state index contributed by atoms with van der Waals surface area (Å²) in [6, 6.07) is 1.52. The fourth-order valence-electron chi connectivity index (χ4n) is 1.78. The van der Waals surface area contributed by atoms with E-state index < -0.39 is 0 Å². The molecule has 0 aromatic carbocycles. The molecule has 1 N–H and O–H groups in total. The van der Waals surface area contributed by atoms with Crippen molar-refractivity contribution in [1.82, 2.24) is 5.32 Å². The molecule has 0 amide bonds. The normalized spacial score (nSPS) is 36.8. The van der Waals surface area contributed by atoms with E-state index in [1.165, 1.54) is 19.3 Å². The van der Waals surface area contributed by atoms with Gasteiger partial charge in [-0.2, -0.15) is 0 Å². The first-order chi connectivity index (χ1) is 5.40. The molecule has 64 valence electrons. The highest BCUT2D eigenvalue weighted by Gasteiger charge is 2.38. The Bertz CT molecular complexity index is 134. The smallest absolute Gasteiger partial charge is 0.0643 e. The van der Waals surface area contributed by atoms with Crippen LogP contribution in [0.5, 0.6) is 0 Å². The predicted molar refractivity (Wildman–Crippen MR) is 44.5 cm³/mol. The van der Waals surface area contributed by atoms with Crippen molar-refractivity contribution < 1.29 is 4.74 Å². The van der Waals surface area contributed by atoms with Crippen molar-refractivity contribution in [3.8, 4) is 0 Å². The van der Waals surface area contributed by atoms with E-state index in [-0.39, 0.29) is 0 Å². The highest BCUT2D eigenvalue weighted by Crippen LogP contribution is 2.35. The van der Waals surface area contributed by atoms with Gasteiger partial charge in [0.25, 0.3) is 0 Å². The number of nitrogens with one attached hydrogen (secondary N) is 1. The lowest BCUT2D eigenvalue weighted by Gasteiger charge is -2.27. The molecule has 2 rings (SSSR count). The monoisotopic (exact) mass is 155 g/mol. The molecule has 2 fully saturated rings. The second-order valence-corrected chi connectivity index (χ2v) is 3.79. The molecule has 2 aliphatic rings. The summed E-state index contributed by atoms with van der Waals surface area (Å²) < 4.78 is 5.10. The van der Waals surface area contributed by atoms with Gasteiger partial charge in [0.2, 0.25) is 0 Å². The van der Waals surface area contributed by atoms with Crippen molar-refractivity contribution in [2.45, 2.75) is 38.3 Å². The zero-order chi connectivity index (χ0) is 7.68. The van der Waals surface area contributed by atoms with Gasteiger partial charge in [0.1, 0.15) is 0 Å². The Morgan fingerprint density at radius 1 is 1.45 bits per heavy atom. The molecule has 0 radical (unpaired) electrons. The third-order valence-electron chi connectivity index (χ3n) is 2.67. The van der Waals surface area contributed by atoms with Crippen molar-refractivity contribution >= 4 is 0 Å². The number of hydrogen-bond donors (Lipinski definition) is 1. The third-order valence-corrected chi connectivity index (χ3v) is 2.67. The first-order valence-electron chi connectivity index (χ1n) is 4.74. The van der Waals surface area contributed by atoms with Gasteiger partial charge in [-0.1, -0.05) is 13.3 Å². The van der Waals surface area contributed by atoms with Crippen molar-refractivity contribution in [3.05, 3.63) is 0 Å². The lowest BCUT2D eigenvalue weighted by atomic mass is 10.2. The van der Waals surface area contributed by atoms with Crippen molar-refractivity contribution in [3.63, 3.8) is 0 Å². The molecule has 0 aromatic rings. The van der Waals surface area contributed by atoms with Crippen LogP contribution in [0, 0.1) is 5.92 Å². The quantitative estimate of drug-likeness (QED) is 0.658. The van der Waals surface area contributed by atoms with Gasteiger partial charge in [-0.25, -0.2) is 0 Å². The van der Waals surface area contributed by atoms with Crippen molar-refractivity contribution in [1.29, 1.82) is 0 Å². The molecule has 0 aromatic heterocycles. The molecule has 2 heteroatoms. The van der Waals surface area contributed by atoms with E-state index >= 15 is 0 Å². The summed E-state index contributed by atoms with van der Waals surface area (Å²) in [4.78, 5) is 0. The molecule has 1 heterocycles. The van der Waals surface area contributed by atoms with E-state index in [1.807, 2.05) is 0 Å². The van der Waals surface area contributed by atoms with Gasteiger partial charge in [0.05, 0.1) is 19.3 Å². The molecule has 2 unspecified atom stereocenters. The van der Waals surface area contributed by atoms with E-state index in [4.69, 9.17) is 4.74 Å². The minimum atomic E-state index is 0.682. The zero-order valence-corrected chi connectivity index (χ0v) is 7.18. The summed E-state index contributed by atoms with van der Waals surface area (Å²) in [5, 5.41) is 3.60. The predicted octanol–water partition coefficient (Wildman–Crippen LogP) is 1.16. The Balaban J connectivity index is 1.59. The largest absolute Gasteiger partial charge is 0.378 e. The van der Waals surface area contributed by atoms with Crippen molar-refractivity contribution in [2.24, 2.45) is 5.92 Å². The van der Waals surface area contributed by atoms with Gasteiger partial charge < -0.3 is 10.1 Å². The molecule has 11 heavy (non-hydrogen) atoms. The standard InChI is InChI=1S/C9H17NO/c1-2-3-7-4-9(7)10-8-5-11-6-8/h7-10H,2-6H2,1H3. The minimum absolute atomic E-state index is 0.682. The van der Waals surface area contributed by atoms with E-state index in [1.54, 1.807) is 0 Å². The molecule has 2 nitrogen and oxygen atoms in total. The topological polar surface area (TPSA) is 21.3 Å². The van der Waals surface area contributed by atoms with Gasteiger partial charge in [-0.15, -0.1) is 0 Å². The summed E-state index contributed by atoms with van der Waals surface area (Å²) in [7, 11) is 0. The summed E-state index contributed by atoms with van der Waals surface area (Å²) in [6.07, 6.45) is 4.15. The second kappa shape index (κ2) is 3.11. The van der Waals surface area contributed by atoms with Crippen LogP contribution < -0.4 is 5.32 Å². The van der Waals surface area contributed by atoms with Gasteiger partial charge in [-0.3, -0.25) is 0 Å². The van der Waals surface area contributed by atoms with E-state index in [0.717, 1.165) is 25.2 Å². The second-order valence-electron chi connectivity index (χ2n) is 3.79. The maximum atomic E-state index is 5.10. The number of rotatable bonds is 4. The Morgan fingerprint density at radius 2 is 2.27 bits per heavy atom. The van der Waals surface area contributed by atoms with Crippen LogP contribution in [-0.2, 0) is 4.74 Å². The molecule has 0 bridgehead atoms.